The van der Waals surface area contributed by atoms with Gasteiger partial charge in [-0.15, -0.1) is 0 Å². The van der Waals surface area contributed by atoms with Gasteiger partial charge in [-0.05, 0) is 42.3 Å². The highest BCUT2D eigenvalue weighted by molar-refractivity contribution is 7.92. The van der Waals surface area contributed by atoms with Crippen molar-refractivity contribution in [1.82, 2.24) is 5.16 Å². The van der Waals surface area contributed by atoms with Crippen molar-refractivity contribution >= 4 is 34.0 Å². The molecule has 0 radical (unpaired) electrons. The highest BCUT2D eigenvalue weighted by Crippen LogP contribution is 2.21. The highest BCUT2D eigenvalue weighted by Gasteiger charge is 2.16. The lowest BCUT2D eigenvalue weighted by molar-refractivity contribution is 0.0693. The van der Waals surface area contributed by atoms with E-state index in [1.54, 1.807) is 37.3 Å². The Bertz CT molecular complexity index is 1150. The van der Waals surface area contributed by atoms with Gasteiger partial charge < -0.3 is 14.7 Å². The van der Waals surface area contributed by atoms with Gasteiger partial charge in [-0.2, -0.15) is 0 Å². The zero-order valence-electron chi connectivity index (χ0n) is 14.7. The van der Waals surface area contributed by atoms with Crippen molar-refractivity contribution in [2.75, 3.05) is 4.72 Å². The summed E-state index contributed by atoms with van der Waals surface area (Å²) in [6.07, 6.45) is 3.36. The molecule has 1 aromatic heterocycles. The summed E-state index contributed by atoms with van der Waals surface area (Å²) in [5, 5.41) is 22.2. The van der Waals surface area contributed by atoms with Gasteiger partial charge in [0.05, 0.1) is 4.90 Å². The quantitative estimate of drug-likeness (QED) is 0.541. The second-order valence-corrected chi connectivity index (χ2v) is 7.59. The maximum absolute atomic E-state index is 12.3. The SMILES string of the molecule is Cc1cc(NS(=O)(=O)c2ccc(C=Cc3ccc(O)c(C(=O)O)c3)cc2)no1. The minimum absolute atomic E-state index is 0.0584. The van der Waals surface area contributed by atoms with Gasteiger partial charge in [0, 0.05) is 6.07 Å². The van der Waals surface area contributed by atoms with E-state index in [0.717, 1.165) is 0 Å². The van der Waals surface area contributed by atoms with Crippen molar-refractivity contribution < 1.29 is 27.9 Å². The first-order chi connectivity index (χ1) is 13.2. The van der Waals surface area contributed by atoms with Crippen LogP contribution in [0.4, 0.5) is 5.82 Å². The van der Waals surface area contributed by atoms with Crippen molar-refractivity contribution in [1.29, 1.82) is 0 Å². The van der Waals surface area contributed by atoms with Crippen LogP contribution in [0.1, 0.15) is 27.2 Å². The van der Waals surface area contributed by atoms with E-state index in [-0.39, 0.29) is 22.0 Å². The van der Waals surface area contributed by atoms with E-state index in [4.69, 9.17) is 9.63 Å². The van der Waals surface area contributed by atoms with Crippen LogP contribution in [-0.2, 0) is 10.0 Å². The summed E-state index contributed by atoms with van der Waals surface area (Å²) in [4.78, 5) is 11.1. The average molecular weight is 400 g/mol. The Morgan fingerprint density at radius 2 is 1.71 bits per heavy atom. The summed E-state index contributed by atoms with van der Waals surface area (Å²) < 4.78 is 31.8. The third-order valence-electron chi connectivity index (χ3n) is 3.78. The molecule has 0 aliphatic rings. The Morgan fingerprint density at radius 3 is 2.32 bits per heavy atom. The van der Waals surface area contributed by atoms with Gasteiger partial charge in [0.15, 0.2) is 5.82 Å². The molecule has 0 atom stereocenters. The van der Waals surface area contributed by atoms with E-state index < -0.39 is 16.0 Å². The van der Waals surface area contributed by atoms with E-state index in [1.807, 2.05) is 0 Å². The first kappa shape index (κ1) is 19.2. The molecule has 0 unspecified atom stereocenters. The van der Waals surface area contributed by atoms with Gasteiger partial charge in [0.1, 0.15) is 17.1 Å². The Kier molecular flexibility index (Phi) is 5.18. The first-order valence-corrected chi connectivity index (χ1v) is 9.53. The molecule has 0 aliphatic heterocycles. The fraction of sp³-hybridized carbons (Fsp3) is 0.0526. The summed E-state index contributed by atoms with van der Waals surface area (Å²) in [6, 6.07) is 11.8. The maximum Gasteiger partial charge on any atom is 0.339 e. The number of anilines is 1. The number of hydrogen-bond acceptors (Lipinski definition) is 6. The van der Waals surface area contributed by atoms with Gasteiger partial charge in [0.25, 0.3) is 10.0 Å². The van der Waals surface area contributed by atoms with Gasteiger partial charge in [-0.25, -0.2) is 13.2 Å². The molecular formula is C19H16N2O6S. The lowest BCUT2D eigenvalue weighted by Crippen LogP contribution is -2.13. The predicted octanol–water partition coefficient (Wildman–Crippen LogP) is 3.36. The van der Waals surface area contributed by atoms with Crippen molar-refractivity contribution in [3.05, 3.63) is 71.0 Å². The van der Waals surface area contributed by atoms with E-state index in [0.29, 0.717) is 16.9 Å². The number of sulfonamides is 1. The molecule has 3 aromatic rings. The summed E-state index contributed by atoms with van der Waals surface area (Å²) >= 11 is 0. The number of benzene rings is 2. The maximum atomic E-state index is 12.3. The minimum Gasteiger partial charge on any atom is -0.507 e. The molecule has 1 heterocycles. The molecule has 3 N–H and O–H groups in total. The van der Waals surface area contributed by atoms with Crippen LogP contribution in [-0.4, -0.2) is 29.8 Å². The Labute approximate surface area is 160 Å². The van der Waals surface area contributed by atoms with Crippen molar-refractivity contribution in [2.45, 2.75) is 11.8 Å². The van der Waals surface area contributed by atoms with Crippen LogP contribution in [0.25, 0.3) is 12.2 Å². The Balaban J connectivity index is 1.76. The van der Waals surface area contributed by atoms with Gasteiger partial charge >= 0.3 is 5.97 Å². The van der Waals surface area contributed by atoms with E-state index >= 15 is 0 Å². The largest absolute Gasteiger partial charge is 0.507 e. The Morgan fingerprint density at radius 1 is 1.07 bits per heavy atom. The highest BCUT2D eigenvalue weighted by atomic mass is 32.2. The lowest BCUT2D eigenvalue weighted by atomic mass is 10.1. The number of nitrogens with zero attached hydrogens (tertiary/aromatic N) is 1. The predicted molar refractivity (Wildman–Crippen MR) is 102 cm³/mol. The molecule has 0 saturated carbocycles. The van der Waals surface area contributed by atoms with E-state index in [1.165, 1.54) is 30.3 Å². The number of aryl methyl sites for hydroxylation is 1. The fourth-order valence-electron chi connectivity index (χ4n) is 2.39. The third kappa shape index (κ3) is 4.38. The van der Waals surface area contributed by atoms with Crippen LogP contribution < -0.4 is 4.72 Å². The van der Waals surface area contributed by atoms with Crippen LogP contribution in [0.2, 0.25) is 0 Å². The molecule has 28 heavy (non-hydrogen) atoms. The van der Waals surface area contributed by atoms with Crippen LogP contribution in [0.5, 0.6) is 5.75 Å². The van der Waals surface area contributed by atoms with Gasteiger partial charge in [0.2, 0.25) is 0 Å². The summed E-state index contributed by atoms with van der Waals surface area (Å²) in [5.74, 6) is -0.951. The molecule has 0 fully saturated rings. The number of phenols is 1. The second kappa shape index (κ2) is 7.57. The monoisotopic (exact) mass is 400 g/mol. The number of hydrogen-bond donors (Lipinski definition) is 3. The topological polar surface area (TPSA) is 130 Å². The van der Waals surface area contributed by atoms with Crippen molar-refractivity contribution in [2.24, 2.45) is 0 Å². The number of aromatic carboxylic acids is 1. The molecule has 9 heteroatoms. The number of nitrogens with one attached hydrogen (secondary N) is 1. The zero-order valence-corrected chi connectivity index (χ0v) is 15.5. The number of carboxylic acids is 1. The number of aromatic hydroxyl groups is 1. The molecule has 2 aromatic carbocycles. The minimum atomic E-state index is -3.79. The molecule has 3 rings (SSSR count). The van der Waals surface area contributed by atoms with Crippen LogP contribution in [0.15, 0.2) is 57.9 Å². The average Bonchev–Trinajstić information content (AvgIpc) is 3.05. The standard InChI is InChI=1S/C19H16N2O6S/c1-12-10-18(20-27-12)21-28(25,26)15-7-4-13(5-8-15)2-3-14-6-9-17(22)16(11-14)19(23)24/h2-11,22H,1H3,(H,20,21)(H,23,24). The normalized spacial score (nSPS) is 11.6. The second-order valence-electron chi connectivity index (χ2n) is 5.91. The van der Waals surface area contributed by atoms with Crippen molar-refractivity contribution in [3.8, 4) is 5.75 Å². The zero-order chi connectivity index (χ0) is 20.3. The summed E-state index contributed by atoms with van der Waals surface area (Å²) in [7, 11) is -3.79. The fourth-order valence-corrected chi connectivity index (χ4v) is 3.37. The molecule has 0 amide bonds. The number of aromatic nitrogens is 1. The molecule has 0 bridgehead atoms. The molecule has 0 aliphatic carbocycles. The number of rotatable bonds is 6. The van der Waals surface area contributed by atoms with E-state index in [9.17, 15) is 18.3 Å². The van der Waals surface area contributed by atoms with Crippen LogP contribution in [0.3, 0.4) is 0 Å². The number of carboxylic acid groups (broad SMARTS) is 1. The first-order valence-electron chi connectivity index (χ1n) is 8.05. The lowest BCUT2D eigenvalue weighted by Gasteiger charge is -2.05. The van der Waals surface area contributed by atoms with Gasteiger partial charge in [-0.3, -0.25) is 4.72 Å². The summed E-state index contributed by atoms with van der Waals surface area (Å²) in [5.41, 5.74) is 1.09. The number of carbonyl (C=O) groups is 1. The third-order valence-corrected chi connectivity index (χ3v) is 5.15. The smallest absolute Gasteiger partial charge is 0.339 e. The summed E-state index contributed by atoms with van der Waals surface area (Å²) in [6.45, 7) is 1.65. The van der Waals surface area contributed by atoms with Crippen molar-refractivity contribution in [3.63, 3.8) is 0 Å². The molecular weight excluding hydrogens is 384 g/mol. The Hall–Kier alpha value is -3.59. The van der Waals surface area contributed by atoms with E-state index in [2.05, 4.69) is 9.88 Å². The molecule has 0 saturated heterocycles. The van der Waals surface area contributed by atoms with Gasteiger partial charge in [-0.1, -0.05) is 35.5 Å². The molecule has 0 spiro atoms. The van der Waals surface area contributed by atoms with Crippen LogP contribution in [0, 0.1) is 6.92 Å². The molecule has 8 nitrogen and oxygen atoms in total. The molecule has 144 valence electrons. The van der Waals surface area contributed by atoms with Crippen LogP contribution >= 0.6 is 0 Å².